The summed E-state index contributed by atoms with van der Waals surface area (Å²) in [6.45, 7) is 13.8. The van der Waals surface area contributed by atoms with E-state index in [0.717, 1.165) is 50.7 Å². The van der Waals surface area contributed by atoms with Crippen molar-refractivity contribution in [3.63, 3.8) is 0 Å². The largest absolute Gasteiger partial charge is 0.357 e. The molecule has 4 nitrogen and oxygen atoms in total. The number of guanidine groups is 1. The molecule has 0 amide bonds. The Labute approximate surface area is 169 Å². The lowest BCUT2D eigenvalue weighted by Gasteiger charge is -2.18. The highest BCUT2D eigenvalue weighted by molar-refractivity contribution is 14.0. The van der Waals surface area contributed by atoms with Crippen molar-refractivity contribution in [3.8, 4) is 0 Å². The Bertz CT molecular complexity index is 504. The van der Waals surface area contributed by atoms with Gasteiger partial charge in [0.1, 0.15) is 5.82 Å². The summed E-state index contributed by atoms with van der Waals surface area (Å²) in [6, 6.07) is 5.29. The van der Waals surface area contributed by atoms with Crippen molar-refractivity contribution in [1.82, 2.24) is 15.5 Å². The van der Waals surface area contributed by atoms with E-state index >= 15 is 0 Å². The SMILES string of the molecule is CCNC(=NCc1ccc(C)c(F)c1)NCCCCN(CC)CC.I. The van der Waals surface area contributed by atoms with Crippen LogP contribution >= 0.6 is 24.0 Å². The molecule has 0 saturated heterocycles. The molecular weight excluding hydrogens is 430 g/mol. The molecule has 25 heavy (non-hydrogen) atoms. The van der Waals surface area contributed by atoms with Crippen LogP contribution in [0.25, 0.3) is 0 Å². The van der Waals surface area contributed by atoms with Crippen LogP contribution in [0.4, 0.5) is 4.39 Å². The van der Waals surface area contributed by atoms with Gasteiger partial charge in [-0.25, -0.2) is 9.38 Å². The number of halogens is 2. The second kappa shape index (κ2) is 14.3. The van der Waals surface area contributed by atoms with Gasteiger partial charge >= 0.3 is 0 Å². The summed E-state index contributed by atoms with van der Waals surface area (Å²) in [5.41, 5.74) is 1.55. The van der Waals surface area contributed by atoms with E-state index in [4.69, 9.17) is 0 Å². The standard InChI is InChI=1S/C19H33FN4.HI/c1-5-21-19(22-12-8-9-13-24(6-2)7-3)23-15-17-11-10-16(4)18(20)14-17;/h10-11,14H,5-9,12-13,15H2,1-4H3,(H2,21,22,23);1H. The maximum Gasteiger partial charge on any atom is 0.191 e. The lowest BCUT2D eigenvalue weighted by Crippen LogP contribution is -2.38. The molecule has 0 aromatic heterocycles. The van der Waals surface area contributed by atoms with E-state index in [1.807, 2.05) is 13.0 Å². The first-order valence-electron chi connectivity index (χ1n) is 9.10. The first kappa shape index (κ1) is 24.1. The van der Waals surface area contributed by atoms with E-state index in [1.54, 1.807) is 19.1 Å². The highest BCUT2D eigenvalue weighted by Gasteiger charge is 2.02. The van der Waals surface area contributed by atoms with Gasteiger partial charge in [0.25, 0.3) is 0 Å². The zero-order chi connectivity index (χ0) is 17.8. The van der Waals surface area contributed by atoms with Gasteiger partial charge in [-0.3, -0.25) is 0 Å². The number of benzene rings is 1. The van der Waals surface area contributed by atoms with Crippen LogP contribution in [0.1, 0.15) is 44.7 Å². The number of hydrogen-bond donors (Lipinski definition) is 2. The summed E-state index contributed by atoms with van der Waals surface area (Å²) in [5.74, 6) is 0.624. The van der Waals surface area contributed by atoms with E-state index in [0.29, 0.717) is 12.1 Å². The Morgan fingerprint density at radius 2 is 1.84 bits per heavy atom. The van der Waals surface area contributed by atoms with Crippen LogP contribution in [0.2, 0.25) is 0 Å². The van der Waals surface area contributed by atoms with Gasteiger partial charge in [-0.2, -0.15) is 0 Å². The van der Waals surface area contributed by atoms with Crippen LogP contribution in [0.15, 0.2) is 23.2 Å². The van der Waals surface area contributed by atoms with Gasteiger partial charge in [0.15, 0.2) is 5.96 Å². The number of hydrogen-bond acceptors (Lipinski definition) is 2. The number of nitrogens with one attached hydrogen (secondary N) is 2. The van der Waals surface area contributed by atoms with Crippen LogP contribution in [0.5, 0.6) is 0 Å². The van der Waals surface area contributed by atoms with Gasteiger partial charge < -0.3 is 15.5 Å². The van der Waals surface area contributed by atoms with E-state index in [9.17, 15) is 4.39 Å². The van der Waals surface area contributed by atoms with Crippen LogP contribution in [0.3, 0.4) is 0 Å². The molecule has 0 spiro atoms. The van der Waals surface area contributed by atoms with Crippen molar-refractivity contribution in [1.29, 1.82) is 0 Å². The zero-order valence-electron chi connectivity index (χ0n) is 16.1. The second-order valence-corrected chi connectivity index (χ2v) is 5.94. The maximum absolute atomic E-state index is 13.6. The van der Waals surface area contributed by atoms with Crippen LogP contribution in [-0.4, -0.2) is 43.6 Å². The van der Waals surface area contributed by atoms with E-state index in [1.165, 1.54) is 6.42 Å². The summed E-state index contributed by atoms with van der Waals surface area (Å²) in [6.07, 6.45) is 2.29. The van der Waals surface area contributed by atoms with Crippen LogP contribution < -0.4 is 10.6 Å². The average Bonchev–Trinajstić information content (AvgIpc) is 2.58. The van der Waals surface area contributed by atoms with Crippen molar-refractivity contribution in [3.05, 3.63) is 35.1 Å². The highest BCUT2D eigenvalue weighted by Crippen LogP contribution is 2.09. The summed E-state index contributed by atoms with van der Waals surface area (Å²) in [4.78, 5) is 6.97. The van der Waals surface area contributed by atoms with Crippen molar-refractivity contribution in [2.45, 2.75) is 47.1 Å². The smallest absolute Gasteiger partial charge is 0.191 e. The third-order valence-corrected chi connectivity index (χ3v) is 4.09. The van der Waals surface area contributed by atoms with Gasteiger partial charge in [-0.1, -0.05) is 26.0 Å². The summed E-state index contributed by atoms with van der Waals surface area (Å²) < 4.78 is 13.6. The molecule has 0 aliphatic heterocycles. The van der Waals surface area contributed by atoms with Gasteiger partial charge in [0.05, 0.1) is 6.54 Å². The fraction of sp³-hybridized carbons (Fsp3) is 0.632. The van der Waals surface area contributed by atoms with Gasteiger partial charge in [-0.05, 0) is 63.5 Å². The van der Waals surface area contributed by atoms with Crippen molar-refractivity contribution in [2.75, 3.05) is 32.7 Å². The molecule has 1 aromatic carbocycles. The molecule has 1 rings (SSSR count). The molecule has 0 radical (unpaired) electrons. The molecule has 0 saturated carbocycles. The Kier molecular flexibility index (Phi) is 13.8. The van der Waals surface area contributed by atoms with Crippen molar-refractivity contribution < 1.29 is 4.39 Å². The first-order valence-corrected chi connectivity index (χ1v) is 9.10. The lowest BCUT2D eigenvalue weighted by molar-refractivity contribution is 0.297. The molecule has 0 atom stereocenters. The molecule has 2 N–H and O–H groups in total. The molecule has 0 aliphatic carbocycles. The van der Waals surface area contributed by atoms with Gasteiger partial charge in [0, 0.05) is 13.1 Å². The topological polar surface area (TPSA) is 39.7 Å². The Balaban J connectivity index is 0.00000576. The maximum atomic E-state index is 13.6. The van der Waals surface area contributed by atoms with Crippen LogP contribution in [0, 0.1) is 12.7 Å². The molecule has 0 aliphatic rings. The summed E-state index contributed by atoms with van der Waals surface area (Å²) >= 11 is 0. The molecule has 6 heteroatoms. The monoisotopic (exact) mass is 464 g/mol. The number of nitrogens with zero attached hydrogens (tertiary/aromatic N) is 2. The third-order valence-electron chi connectivity index (χ3n) is 4.09. The highest BCUT2D eigenvalue weighted by atomic mass is 127. The molecule has 0 heterocycles. The van der Waals surface area contributed by atoms with E-state index in [-0.39, 0.29) is 29.8 Å². The van der Waals surface area contributed by atoms with E-state index < -0.39 is 0 Å². The summed E-state index contributed by atoms with van der Waals surface area (Å²) in [7, 11) is 0. The predicted molar refractivity (Wildman–Crippen MR) is 116 cm³/mol. The van der Waals surface area contributed by atoms with Crippen molar-refractivity contribution >= 4 is 29.9 Å². The molecule has 0 fully saturated rings. The predicted octanol–water partition coefficient (Wildman–Crippen LogP) is 3.93. The zero-order valence-corrected chi connectivity index (χ0v) is 18.4. The number of unbranched alkanes of at least 4 members (excludes halogenated alkanes) is 1. The third kappa shape index (κ3) is 9.99. The number of rotatable bonds is 10. The molecule has 0 bridgehead atoms. The minimum absolute atomic E-state index is 0. The van der Waals surface area contributed by atoms with Gasteiger partial charge in [-0.15, -0.1) is 24.0 Å². The molecule has 144 valence electrons. The Hall–Kier alpha value is -0.890. The molecule has 1 aromatic rings. The number of aliphatic imine (C=N–C) groups is 1. The fourth-order valence-electron chi connectivity index (χ4n) is 2.45. The van der Waals surface area contributed by atoms with E-state index in [2.05, 4.69) is 34.4 Å². The van der Waals surface area contributed by atoms with Crippen molar-refractivity contribution in [2.24, 2.45) is 4.99 Å². The quantitative estimate of drug-likeness (QED) is 0.239. The minimum Gasteiger partial charge on any atom is -0.357 e. The van der Waals surface area contributed by atoms with Crippen LogP contribution in [-0.2, 0) is 6.54 Å². The number of aryl methyl sites for hydroxylation is 1. The Morgan fingerprint density at radius 3 is 2.44 bits per heavy atom. The fourth-order valence-corrected chi connectivity index (χ4v) is 2.45. The van der Waals surface area contributed by atoms with Gasteiger partial charge in [0.2, 0.25) is 0 Å². The Morgan fingerprint density at radius 1 is 1.12 bits per heavy atom. The molecule has 0 unspecified atom stereocenters. The minimum atomic E-state index is -0.169. The average molecular weight is 464 g/mol. The first-order chi connectivity index (χ1) is 11.6. The normalized spacial score (nSPS) is 11.4. The molecular formula is C19H34FIN4. The lowest BCUT2D eigenvalue weighted by atomic mass is 10.1. The summed E-state index contributed by atoms with van der Waals surface area (Å²) in [5, 5.41) is 6.59. The second-order valence-electron chi connectivity index (χ2n) is 5.94.